The molecule has 0 radical (unpaired) electrons. The summed E-state index contributed by atoms with van der Waals surface area (Å²) >= 11 is 0. The van der Waals surface area contributed by atoms with Crippen molar-refractivity contribution >= 4 is 22.8 Å². The van der Waals surface area contributed by atoms with Crippen molar-refractivity contribution in [2.24, 2.45) is 13.0 Å². The zero-order valence-corrected chi connectivity index (χ0v) is 16.4. The second-order valence-electron chi connectivity index (χ2n) is 8.09. The Bertz CT molecular complexity index is 952. The van der Waals surface area contributed by atoms with Crippen molar-refractivity contribution in [1.82, 2.24) is 19.8 Å². The molecular formula is C21H28N4O3. The number of hydrogen-bond acceptors (Lipinski definition) is 4. The minimum atomic E-state index is -0.625. The molecular weight excluding hydrogens is 356 g/mol. The molecule has 0 saturated carbocycles. The maximum absolute atomic E-state index is 12.8. The molecule has 2 aliphatic heterocycles. The van der Waals surface area contributed by atoms with Crippen molar-refractivity contribution < 1.29 is 9.59 Å². The third-order valence-corrected chi connectivity index (χ3v) is 6.21. The number of aromatic nitrogens is 2. The summed E-state index contributed by atoms with van der Waals surface area (Å²) in [4.78, 5) is 36.5. The lowest BCUT2D eigenvalue weighted by molar-refractivity contribution is -0.135. The van der Waals surface area contributed by atoms with E-state index in [1.54, 1.807) is 11.6 Å². The van der Waals surface area contributed by atoms with E-state index in [4.69, 9.17) is 0 Å². The molecule has 1 atom stereocenters. The van der Waals surface area contributed by atoms with Gasteiger partial charge in [-0.1, -0.05) is 12.5 Å². The summed E-state index contributed by atoms with van der Waals surface area (Å²) < 4.78 is 3.14. The van der Waals surface area contributed by atoms with Crippen LogP contribution < -0.4 is 16.3 Å². The smallest absolute Gasteiger partial charge is 0.317 e. The zero-order chi connectivity index (χ0) is 19.7. The molecule has 28 heavy (non-hydrogen) atoms. The summed E-state index contributed by atoms with van der Waals surface area (Å²) in [5, 5.41) is 5.76. The Morgan fingerprint density at radius 3 is 2.61 bits per heavy atom. The van der Waals surface area contributed by atoms with Crippen LogP contribution in [-0.4, -0.2) is 34.0 Å². The highest BCUT2D eigenvalue weighted by atomic mass is 16.2. The Balaban J connectivity index is 1.53. The number of piperidine rings is 2. The van der Waals surface area contributed by atoms with Gasteiger partial charge in [0.1, 0.15) is 6.04 Å². The second-order valence-corrected chi connectivity index (χ2v) is 8.09. The molecule has 2 aromatic rings. The van der Waals surface area contributed by atoms with E-state index in [0.717, 1.165) is 42.9 Å². The Labute approximate surface area is 164 Å². The third kappa shape index (κ3) is 3.63. The number of carbonyl (C=O) groups is 2. The van der Waals surface area contributed by atoms with Crippen molar-refractivity contribution in [3.63, 3.8) is 0 Å². The molecule has 1 unspecified atom stereocenters. The lowest BCUT2D eigenvalue weighted by atomic mass is 9.91. The van der Waals surface area contributed by atoms with E-state index in [1.807, 2.05) is 6.07 Å². The number of imidazole rings is 1. The van der Waals surface area contributed by atoms with Crippen LogP contribution in [0, 0.1) is 5.92 Å². The van der Waals surface area contributed by atoms with Gasteiger partial charge in [0.25, 0.3) is 0 Å². The van der Waals surface area contributed by atoms with Gasteiger partial charge in [-0.25, -0.2) is 4.79 Å². The quantitative estimate of drug-likeness (QED) is 0.768. The third-order valence-electron chi connectivity index (χ3n) is 6.21. The van der Waals surface area contributed by atoms with Gasteiger partial charge in [-0.15, -0.1) is 0 Å². The highest BCUT2D eigenvalue weighted by molar-refractivity contribution is 6.00. The van der Waals surface area contributed by atoms with Crippen LogP contribution in [0.25, 0.3) is 11.0 Å². The van der Waals surface area contributed by atoms with Gasteiger partial charge in [-0.2, -0.15) is 0 Å². The summed E-state index contributed by atoms with van der Waals surface area (Å²) in [6.07, 6.45) is 6.55. The molecule has 7 heteroatoms. The number of benzene rings is 1. The molecule has 2 amide bonds. The van der Waals surface area contributed by atoms with Crippen LogP contribution in [0.4, 0.5) is 0 Å². The van der Waals surface area contributed by atoms with E-state index in [2.05, 4.69) is 22.8 Å². The highest BCUT2D eigenvalue weighted by Crippen LogP contribution is 2.25. The van der Waals surface area contributed by atoms with E-state index >= 15 is 0 Å². The molecule has 2 saturated heterocycles. The molecule has 150 valence electrons. The number of rotatable bonds is 5. The standard InChI is InChI=1S/C21H28N4O3/c1-24-18-13-15(4-2-3-14-9-11-22-12-10-14)5-6-16(18)25(21(24)28)17-7-8-19(26)23-20(17)27/h5-6,13-14,17,22H,2-4,7-12H2,1H3,(H,23,26,27). The lowest BCUT2D eigenvalue weighted by Gasteiger charge is -2.22. The first-order valence-electron chi connectivity index (χ1n) is 10.3. The fraction of sp³-hybridized carbons (Fsp3) is 0.571. The van der Waals surface area contributed by atoms with Crippen molar-refractivity contribution in [3.8, 4) is 0 Å². The van der Waals surface area contributed by atoms with Gasteiger partial charge < -0.3 is 5.32 Å². The maximum atomic E-state index is 12.8. The Hall–Kier alpha value is -2.41. The number of nitrogens with one attached hydrogen (secondary N) is 2. The van der Waals surface area contributed by atoms with E-state index in [9.17, 15) is 14.4 Å². The predicted octanol–water partition coefficient (Wildman–Crippen LogP) is 1.64. The van der Waals surface area contributed by atoms with E-state index in [0.29, 0.717) is 6.42 Å². The summed E-state index contributed by atoms with van der Waals surface area (Å²) in [5.41, 5.74) is 2.60. The van der Waals surface area contributed by atoms with Gasteiger partial charge in [-0.3, -0.25) is 24.0 Å². The van der Waals surface area contributed by atoms with Crippen LogP contribution in [0.15, 0.2) is 23.0 Å². The minimum absolute atomic E-state index is 0.212. The first kappa shape index (κ1) is 18.9. The van der Waals surface area contributed by atoms with Crippen LogP contribution >= 0.6 is 0 Å². The van der Waals surface area contributed by atoms with Crippen LogP contribution in [0.5, 0.6) is 0 Å². The second kappa shape index (κ2) is 7.91. The van der Waals surface area contributed by atoms with Gasteiger partial charge in [0.2, 0.25) is 11.8 Å². The fourth-order valence-corrected chi connectivity index (χ4v) is 4.56. The van der Waals surface area contributed by atoms with Gasteiger partial charge in [0.05, 0.1) is 11.0 Å². The Kier molecular flexibility index (Phi) is 5.35. The summed E-state index contributed by atoms with van der Waals surface area (Å²) in [5.74, 6) is 0.158. The molecule has 3 heterocycles. The first-order valence-corrected chi connectivity index (χ1v) is 10.3. The summed E-state index contributed by atoms with van der Waals surface area (Å²) in [6.45, 7) is 2.26. The van der Waals surface area contributed by atoms with E-state index in [-0.39, 0.29) is 18.0 Å². The number of imide groups is 1. The molecule has 0 bridgehead atoms. The van der Waals surface area contributed by atoms with Gasteiger partial charge in [0.15, 0.2) is 0 Å². The number of nitrogens with zero attached hydrogens (tertiary/aromatic N) is 2. The number of amides is 2. The van der Waals surface area contributed by atoms with Crippen LogP contribution in [0.2, 0.25) is 0 Å². The van der Waals surface area contributed by atoms with Crippen molar-refractivity contribution in [1.29, 1.82) is 0 Å². The average molecular weight is 384 g/mol. The normalized spacial score (nSPS) is 21.2. The number of carbonyl (C=O) groups excluding carboxylic acids is 2. The Morgan fingerprint density at radius 1 is 1.07 bits per heavy atom. The molecule has 4 rings (SSSR count). The summed E-state index contributed by atoms with van der Waals surface area (Å²) in [7, 11) is 1.74. The van der Waals surface area contributed by atoms with E-state index in [1.165, 1.54) is 29.4 Å². The monoisotopic (exact) mass is 384 g/mol. The van der Waals surface area contributed by atoms with Crippen molar-refractivity contribution in [3.05, 3.63) is 34.2 Å². The van der Waals surface area contributed by atoms with Gasteiger partial charge in [-0.05, 0) is 68.8 Å². The van der Waals surface area contributed by atoms with Crippen molar-refractivity contribution in [2.75, 3.05) is 13.1 Å². The average Bonchev–Trinajstić information content (AvgIpc) is 2.94. The molecule has 1 aromatic heterocycles. The lowest BCUT2D eigenvalue weighted by Crippen LogP contribution is -2.44. The molecule has 0 spiro atoms. The molecule has 2 N–H and O–H groups in total. The van der Waals surface area contributed by atoms with Crippen LogP contribution in [-0.2, 0) is 23.1 Å². The van der Waals surface area contributed by atoms with Gasteiger partial charge >= 0.3 is 5.69 Å². The van der Waals surface area contributed by atoms with Crippen LogP contribution in [0.3, 0.4) is 0 Å². The SMILES string of the molecule is Cn1c(=O)n(C2CCC(=O)NC2=O)c2ccc(CCCC3CCNCC3)cc21. The molecule has 2 fully saturated rings. The van der Waals surface area contributed by atoms with Crippen molar-refractivity contribution in [2.45, 2.75) is 51.0 Å². The fourth-order valence-electron chi connectivity index (χ4n) is 4.56. The molecule has 1 aromatic carbocycles. The predicted molar refractivity (Wildman–Crippen MR) is 107 cm³/mol. The number of aryl methyl sites for hydroxylation is 2. The minimum Gasteiger partial charge on any atom is -0.317 e. The first-order chi connectivity index (χ1) is 13.5. The van der Waals surface area contributed by atoms with Crippen LogP contribution in [0.1, 0.15) is 50.1 Å². The highest BCUT2D eigenvalue weighted by Gasteiger charge is 2.31. The number of fused-ring (bicyclic) bond motifs is 1. The van der Waals surface area contributed by atoms with E-state index < -0.39 is 11.9 Å². The molecule has 0 aliphatic carbocycles. The Morgan fingerprint density at radius 2 is 1.86 bits per heavy atom. The molecule has 2 aliphatic rings. The maximum Gasteiger partial charge on any atom is 0.329 e. The topological polar surface area (TPSA) is 85.1 Å². The largest absolute Gasteiger partial charge is 0.329 e. The number of hydrogen-bond donors (Lipinski definition) is 2. The van der Waals surface area contributed by atoms with Gasteiger partial charge in [0, 0.05) is 13.5 Å². The zero-order valence-electron chi connectivity index (χ0n) is 16.4. The summed E-state index contributed by atoms with van der Waals surface area (Å²) in [6, 6.07) is 5.45. The molecule has 7 nitrogen and oxygen atoms in total.